The molecule has 20 heavy (non-hydrogen) atoms. The van der Waals surface area contributed by atoms with Crippen LogP contribution in [-0.4, -0.2) is 44.4 Å². The summed E-state index contributed by atoms with van der Waals surface area (Å²) in [6.45, 7) is 6.19. The molecular formula is C12H21N3O2S3. The van der Waals surface area contributed by atoms with Crippen LogP contribution < -0.4 is 0 Å². The zero-order valence-corrected chi connectivity index (χ0v) is 15.0. The molecule has 0 saturated carbocycles. The molecule has 0 aliphatic carbocycles. The summed E-state index contributed by atoms with van der Waals surface area (Å²) in [5.74, 6) is 0.904. The summed E-state index contributed by atoms with van der Waals surface area (Å²) < 4.78 is 2.22. The third kappa shape index (κ3) is 5.21. The molecule has 0 aromatic carbocycles. The maximum Gasteiger partial charge on any atom is 0.445 e. The Morgan fingerprint density at radius 2 is 2.20 bits per heavy atom. The normalized spacial score (nSPS) is 21.4. The van der Waals surface area contributed by atoms with Crippen LogP contribution in [0.25, 0.3) is 0 Å². The Morgan fingerprint density at radius 3 is 2.75 bits per heavy atom. The van der Waals surface area contributed by atoms with E-state index in [4.69, 9.17) is 4.84 Å². The van der Waals surface area contributed by atoms with Gasteiger partial charge in [0, 0.05) is 19.8 Å². The first-order chi connectivity index (χ1) is 9.40. The standard InChI is InChI=1S/C12H21N3O2S3/c1-6-7-8-18-15(5)11(16)17-14-9-12(2,3)20-10(13-4)19-9/h6-8H2,1-5H3. The summed E-state index contributed by atoms with van der Waals surface area (Å²) >= 11 is 4.53. The first kappa shape index (κ1) is 17.7. The summed E-state index contributed by atoms with van der Waals surface area (Å²) in [5, 5.41) is 4.76. The van der Waals surface area contributed by atoms with Crippen molar-refractivity contribution in [3.8, 4) is 0 Å². The Labute approximate surface area is 133 Å². The monoisotopic (exact) mass is 335 g/mol. The van der Waals surface area contributed by atoms with Gasteiger partial charge >= 0.3 is 6.09 Å². The van der Waals surface area contributed by atoms with Crippen molar-refractivity contribution in [1.82, 2.24) is 4.31 Å². The van der Waals surface area contributed by atoms with Gasteiger partial charge in [-0.15, -0.1) is 0 Å². The summed E-state index contributed by atoms with van der Waals surface area (Å²) in [6, 6.07) is 0. The van der Waals surface area contributed by atoms with Gasteiger partial charge in [-0.1, -0.05) is 30.3 Å². The molecule has 8 heteroatoms. The van der Waals surface area contributed by atoms with Crippen LogP contribution in [0.5, 0.6) is 0 Å². The molecule has 1 heterocycles. The quantitative estimate of drug-likeness (QED) is 0.328. The molecule has 0 unspecified atom stereocenters. The van der Waals surface area contributed by atoms with Gasteiger partial charge in [0.15, 0.2) is 0 Å². The number of thioether (sulfide) groups is 2. The fourth-order valence-corrected chi connectivity index (χ4v) is 4.58. The summed E-state index contributed by atoms with van der Waals surface area (Å²) in [4.78, 5) is 20.9. The number of oxime groups is 1. The molecule has 0 radical (unpaired) electrons. The Bertz CT molecular complexity index is 411. The van der Waals surface area contributed by atoms with E-state index in [2.05, 4.69) is 17.1 Å². The summed E-state index contributed by atoms with van der Waals surface area (Å²) in [7, 11) is 3.45. The van der Waals surface area contributed by atoms with E-state index in [1.165, 1.54) is 28.0 Å². The van der Waals surface area contributed by atoms with E-state index < -0.39 is 6.09 Å². The molecule has 0 N–H and O–H groups in total. The summed E-state index contributed by atoms with van der Waals surface area (Å²) in [6.07, 6.45) is 1.74. The van der Waals surface area contributed by atoms with Crippen molar-refractivity contribution in [3.63, 3.8) is 0 Å². The van der Waals surface area contributed by atoms with Crippen LogP contribution in [0, 0.1) is 0 Å². The molecule has 114 valence electrons. The van der Waals surface area contributed by atoms with Crippen LogP contribution in [0.1, 0.15) is 33.6 Å². The number of aliphatic imine (C=N–C) groups is 1. The number of unbranched alkanes of at least 4 members (excludes halogenated alkanes) is 1. The van der Waals surface area contributed by atoms with Gasteiger partial charge in [-0.2, -0.15) is 0 Å². The van der Waals surface area contributed by atoms with E-state index in [0.717, 1.165) is 28.0 Å². The van der Waals surface area contributed by atoms with Crippen LogP contribution >= 0.6 is 35.5 Å². The highest BCUT2D eigenvalue weighted by atomic mass is 32.2. The van der Waals surface area contributed by atoms with Crippen molar-refractivity contribution in [1.29, 1.82) is 0 Å². The second kappa shape index (κ2) is 8.19. The number of hydrogen-bond donors (Lipinski definition) is 0. The Morgan fingerprint density at radius 1 is 1.50 bits per heavy atom. The summed E-state index contributed by atoms with van der Waals surface area (Å²) in [5.41, 5.74) is 0. The minimum absolute atomic E-state index is 0.201. The number of amides is 1. The van der Waals surface area contributed by atoms with E-state index in [1.807, 2.05) is 13.8 Å². The van der Waals surface area contributed by atoms with Crippen LogP contribution in [0.15, 0.2) is 10.1 Å². The Balaban J connectivity index is 2.52. The molecule has 1 fully saturated rings. The van der Waals surface area contributed by atoms with Crippen LogP contribution in [-0.2, 0) is 4.84 Å². The highest BCUT2D eigenvalue weighted by Crippen LogP contribution is 2.43. The van der Waals surface area contributed by atoms with Crippen molar-refractivity contribution < 1.29 is 9.63 Å². The first-order valence-electron chi connectivity index (χ1n) is 6.40. The van der Waals surface area contributed by atoms with Crippen LogP contribution in [0.2, 0.25) is 0 Å². The van der Waals surface area contributed by atoms with Gasteiger partial charge in [0.2, 0.25) is 0 Å². The minimum atomic E-state index is -0.443. The average molecular weight is 336 g/mol. The lowest BCUT2D eigenvalue weighted by Crippen LogP contribution is -2.23. The fourth-order valence-electron chi connectivity index (χ4n) is 1.24. The van der Waals surface area contributed by atoms with Crippen molar-refractivity contribution in [3.05, 3.63) is 0 Å². The second-order valence-corrected chi connectivity index (χ2v) is 8.70. The molecule has 1 aliphatic rings. The highest BCUT2D eigenvalue weighted by molar-refractivity contribution is 8.50. The molecule has 0 spiro atoms. The predicted molar refractivity (Wildman–Crippen MR) is 91.7 cm³/mol. The minimum Gasteiger partial charge on any atom is -0.296 e. The first-order valence-corrected chi connectivity index (χ1v) is 8.98. The third-order valence-electron chi connectivity index (χ3n) is 2.47. The van der Waals surface area contributed by atoms with Gasteiger partial charge in [0.05, 0.1) is 4.75 Å². The Hall–Kier alpha value is -0.340. The van der Waals surface area contributed by atoms with Crippen molar-refractivity contribution >= 4 is 51.0 Å². The average Bonchev–Trinajstić information content (AvgIpc) is 2.70. The van der Waals surface area contributed by atoms with Gasteiger partial charge in [-0.3, -0.25) is 14.1 Å². The van der Waals surface area contributed by atoms with E-state index >= 15 is 0 Å². The topological polar surface area (TPSA) is 54.3 Å². The lowest BCUT2D eigenvalue weighted by atomic mass is 10.2. The molecule has 0 aromatic heterocycles. The predicted octanol–water partition coefficient (Wildman–Crippen LogP) is 4.06. The van der Waals surface area contributed by atoms with Gasteiger partial charge in [0.25, 0.3) is 0 Å². The molecule has 0 bridgehead atoms. The fraction of sp³-hybridized carbons (Fsp3) is 0.750. The van der Waals surface area contributed by atoms with Gasteiger partial charge in [-0.25, -0.2) is 4.79 Å². The zero-order valence-electron chi connectivity index (χ0n) is 12.5. The number of carbonyl (C=O) groups excluding carboxylic acids is 1. The van der Waals surface area contributed by atoms with Crippen molar-refractivity contribution in [2.24, 2.45) is 10.1 Å². The van der Waals surface area contributed by atoms with Crippen molar-refractivity contribution in [2.75, 3.05) is 19.8 Å². The largest absolute Gasteiger partial charge is 0.445 e. The van der Waals surface area contributed by atoms with E-state index in [9.17, 15) is 4.79 Å². The second-order valence-electron chi connectivity index (χ2n) is 4.64. The van der Waals surface area contributed by atoms with E-state index in [0.29, 0.717) is 0 Å². The maximum absolute atomic E-state index is 11.8. The molecule has 1 aliphatic heterocycles. The van der Waals surface area contributed by atoms with E-state index in [1.54, 1.807) is 25.9 Å². The molecule has 0 aromatic rings. The van der Waals surface area contributed by atoms with Gasteiger partial charge in [0.1, 0.15) is 9.42 Å². The molecule has 1 rings (SSSR count). The Kier molecular flexibility index (Phi) is 7.25. The van der Waals surface area contributed by atoms with Crippen LogP contribution in [0.3, 0.4) is 0 Å². The highest BCUT2D eigenvalue weighted by Gasteiger charge is 2.38. The lowest BCUT2D eigenvalue weighted by Gasteiger charge is -2.15. The molecule has 5 nitrogen and oxygen atoms in total. The van der Waals surface area contributed by atoms with Gasteiger partial charge in [-0.05, 0) is 44.0 Å². The maximum atomic E-state index is 11.8. The van der Waals surface area contributed by atoms with Crippen LogP contribution in [0.4, 0.5) is 4.79 Å². The lowest BCUT2D eigenvalue weighted by molar-refractivity contribution is 0.137. The third-order valence-corrected chi connectivity index (χ3v) is 6.30. The number of rotatable bonds is 5. The van der Waals surface area contributed by atoms with E-state index in [-0.39, 0.29) is 4.75 Å². The van der Waals surface area contributed by atoms with Gasteiger partial charge < -0.3 is 0 Å². The molecule has 1 saturated heterocycles. The molecule has 0 atom stereocenters. The molecular weight excluding hydrogens is 314 g/mol. The van der Waals surface area contributed by atoms with Crippen molar-refractivity contribution in [2.45, 2.75) is 38.4 Å². The number of nitrogens with zero attached hydrogens (tertiary/aromatic N) is 3. The SMILES string of the molecule is CCCCSN(C)C(=O)ON=C1SC(=NC)SC1(C)C. The number of hydrogen-bond acceptors (Lipinski definition) is 7. The smallest absolute Gasteiger partial charge is 0.296 e. The zero-order chi connectivity index (χ0) is 15.2. The number of carbonyl (C=O) groups is 1. The molecule has 1 amide bonds.